The first kappa shape index (κ1) is 24.1. The van der Waals surface area contributed by atoms with Crippen LogP contribution >= 0.6 is 23.5 Å². The van der Waals surface area contributed by atoms with E-state index in [-0.39, 0.29) is 17.4 Å². The molecule has 8 heteroatoms. The number of aromatic nitrogens is 2. The molecule has 2 aromatic rings. The third-order valence-corrected chi connectivity index (χ3v) is 7.15. The lowest BCUT2D eigenvalue weighted by molar-refractivity contribution is -0.137. The van der Waals surface area contributed by atoms with Gasteiger partial charge in [-0.1, -0.05) is 38.1 Å². The van der Waals surface area contributed by atoms with E-state index >= 15 is 0 Å². The maximum absolute atomic E-state index is 10.9. The molecule has 0 bridgehead atoms. The molecule has 0 fully saturated rings. The Labute approximate surface area is 185 Å². The average molecular weight is 449 g/mol. The number of hydrogen-bond donors (Lipinski definition) is 2. The first-order valence-corrected chi connectivity index (χ1v) is 11.8. The van der Waals surface area contributed by atoms with Crippen molar-refractivity contribution in [3.05, 3.63) is 53.1 Å². The minimum Gasteiger partial charge on any atom is -0.481 e. The van der Waals surface area contributed by atoms with E-state index in [9.17, 15) is 9.59 Å². The fraction of sp³-hybridized carbons (Fsp3) is 0.409. The highest BCUT2D eigenvalue weighted by Crippen LogP contribution is 2.40. The van der Waals surface area contributed by atoms with Gasteiger partial charge in [0.05, 0.1) is 23.1 Å². The lowest BCUT2D eigenvalue weighted by atomic mass is 10.1. The zero-order chi connectivity index (χ0) is 22.1. The van der Waals surface area contributed by atoms with Crippen LogP contribution in [0.25, 0.3) is 12.2 Å². The summed E-state index contributed by atoms with van der Waals surface area (Å²) < 4.78 is 1.99. The molecule has 1 aromatic heterocycles. The van der Waals surface area contributed by atoms with E-state index in [0.717, 1.165) is 22.6 Å². The highest BCUT2D eigenvalue weighted by molar-refractivity contribution is 8.16. The van der Waals surface area contributed by atoms with Crippen LogP contribution in [0.2, 0.25) is 0 Å². The maximum Gasteiger partial charge on any atom is 0.304 e. The Morgan fingerprint density at radius 2 is 1.73 bits per heavy atom. The van der Waals surface area contributed by atoms with E-state index < -0.39 is 11.9 Å². The second-order valence-corrected chi connectivity index (χ2v) is 9.88. The molecule has 0 saturated heterocycles. The molecular formula is C22H28N2O4S2. The molecule has 0 saturated carbocycles. The molecular weight excluding hydrogens is 420 g/mol. The lowest BCUT2D eigenvalue weighted by Crippen LogP contribution is -2.01. The highest BCUT2D eigenvalue weighted by atomic mass is 32.2. The van der Waals surface area contributed by atoms with Crippen LogP contribution in [0.3, 0.4) is 0 Å². The number of aliphatic carboxylic acids is 2. The summed E-state index contributed by atoms with van der Waals surface area (Å²) in [5.74, 6) is 0.547. The molecule has 0 atom stereocenters. The van der Waals surface area contributed by atoms with Gasteiger partial charge in [0.25, 0.3) is 0 Å². The van der Waals surface area contributed by atoms with Crippen LogP contribution < -0.4 is 0 Å². The summed E-state index contributed by atoms with van der Waals surface area (Å²) in [6.45, 7) is 4.23. The van der Waals surface area contributed by atoms with E-state index in [2.05, 4.69) is 24.9 Å². The zero-order valence-corrected chi connectivity index (χ0v) is 19.1. The van der Waals surface area contributed by atoms with Crippen molar-refractivity contribution in [2.75, 3.05) is 11.5 Å². The Kier molecular flexibility index (Phi) is 9.52. The molecule has 1 aromatic carbocycles. The highest BCUT2D eigenvalue weighted by Gasteiger charge is 2.15. The van der Waals surface area contributed by atoms with Crippen molar-refractivity contribution in [3.63, 3.8) is 0 Å². The number of nitrogens with zero attached hydrogens (tertiary/aromatic N) is 2. The largest absolute Gasteiger partial charge is 0.481 e. The molecule has 30 heavy (non-hydrogen) atoms. The summed E-state index contributed by atoms with van der Waals surface area (Å²) >= 11 is 3.07. The lowest BCUT2D eigenvalue weighted by Gasteiger charge is -2.16. The maximum atomic E-state index is 10.9. The van der Waals surface area contributed by atoms with Crippen LogP contribution in [0.5, 0.6) is 0 Å². The van der Waals surface area contributed by atoms with Crippen LogP contribution in [0.15, 0.2) is 30.5 Å². The Bertz CT molecular complexity index is 873. The molecule has 0 aliphatic rings. The predicted molar refractivity (Wildman–Crippen MR) is 125 cm³/mol. The fourth-order valence-corrected chi connectivity index (χ4v) is 5.32. The number of aryl methyl sites for hydroxylation is 1. The minimum absolute atomic E-state index is 0.0160. The summed E-state index contributed by atoms with van der Waals surface area (Å²) in [6.07, 6.45) is 6.19. The average Bonchev–Trinajstić information content (AvgIpc) is 3.06. The molecule has 162 valence electrons. The van der Waals surface area contributed by atoms with E-state index in [1.54, 1.807) is 0 Å². The number of thioether (sulfide) groups is 2. The van der Waals surface area contributed by atoms with Crippen molar-refractivity contribution in [3.8, 4) is 0 Å². The summed E-state index contributed by atoms with van der Waals surface area (Å²) in [7, 11) is 1.98. The number of imidazole rings is 1. The number of carboxylic acid groups (broad SMARTS) is 2. The van der Waals surface area contributed by atoms with Gasteiger partial charge in [0.15, 0.2) is 0 Å². The second kappa shape index (κ2) is 11.9. The SMILES string of the molecule is CC(C)c1cn(C)c(/C=C/c2cccc(C(SCCC(=O)O)SCCC(=O)O)c2)n1. The fourth-order valence-electron chi connectivity index (χ4n) is 2.66. The molecule has 0 unspecified atom stereocenters. The standard InChI is InChI=1S/C22H28N2O4S2/c1-15(2)18-14-24(3)19(23-18)8-7-16-5-4-6-17(13-16)22(29-11-9-20(25)26)30-12-10-21(27)28/h4-8,13-15,22H,9-12H2,1-3H3,(H,25,26)(H,27,28)/b8-7+. The monoisotopic (exact) mass is 448 g/mol. The molecule has 0 aliphatic carbocycles. The van der Waals surface area contributed by atoms with Gasteiger partial charge in [-0.05, 0) is 29.2 Å². The Hall–Kier alpha value is -2.19. The quantitative estimate of drug-likeness (QED) is 0.435. The van der Waals surface area contributed by atoms with Gasteiger partial charge in [0.2, 0.25) is 0 Å². The first-order chi connectivity index (χ1) is 14.3. The molecule has 0 amide bonds. The smallest absolute Gasteiger partial charge is 0.304 e. The van der Waals surface area contributed by atoms with Crippen LogP contribution in [-0.2, 0) is 16.6 Å². The summed E-state index contributed by atoms with van der Waals surface area (Å²) in [4.78, 5) is 26.4. The van der Waals surface area contributed by atoms with Crippen LogP contribution in [0.4, 0.5) is 0 Å². The van der Waals surface area contributed by atoms with Gasteiger partial charge in [0.1, 0.15) is 5.82 Å². The molecule has 0 aliphatic heterocycles. The van der Waals surface area contributed by atoms with Crippen molar-refractivity contribution < 1.29 is 19.8 Å². The normalized spacial score (nSPS) is 11.6. The molecule has 2 N–H and O–H groups in total. The molecule has 1 heterocycles. The molecule has 2 rings (SSSR count). The molecule has 0 spiro atoms. The Morgan fingerprint density at radius 1 is 1.10 bits per heavy atom. The van der Waals surface area contributed by atoms with Crippen LogP contribution in [-0.4, -0.2) is 43.2 Å². The van der Waals surface area contributed by atoms with Crippen molar-refractivity contribution >= 4 is 47.6 Å². The first-order valence-electron chi connectivity index (χ1n) is 9.74. The molecule has 6 nitrogen and oxygen atoms in total. The van der Waals surface area contributed by atoms with Crippen molar-refractivity contribution in [1.29, 1.82) is 0 Å². The number of rotatable bonds is 12. The summed E-state index contributed by atoms with van der Waals surface area (Å²) in [5, 5.41) is 17.8. The number of hydrogen-bond acceptors (Lipinski definition) is 5. The molecule has 0 radical (unpaired) electrons. The van der Waals surface area contributed by atoms with E-state index in [1.807, 2.05) is 48.2 Å². The third kappa shape index (κ3) is 7.91. The third-order valence-electron chi connectivity index (χ3n) is 4.30. The number of benzene rings is 1. The van der Waals surface area contributed by atoms with Gasteiger partial charge in [-0.2, -0.15) is 0 Å². The van der Waals surface area contributed by atoms with Crippen molar-refractivity contribution in [2.24, 2.45) is 7.05 Å². The zero-order valence-electron chi connectivity index (χ0n) is 17.4. The minimum atomic E-state index is -0.829. The number of carboxylic acids is 2. The van der Waals surface area contributed by atoms with Crippen molar-refractivity contribution in [2.45, 2.75) is 37.2 Å². The summed E-state index contributed by atoms with van der Waals surface area (Å²) in [6, 6.07) is 8.04. The van der Waals surface area contributed by atoms with Gasteiger partial charge in [0, 0.05) is 24.8 Å². The van der Waals surface area contributed by atoms with E-state index in [0.29, 0.717) is 17.4 Å². The van der Waals surface area contributed by atoms with Crippen molar-refractivity contribution in [1.82, 2.24) is 9.55 Å². The van der Waals surface area contributed by atoms with Gasteiger partial charge in [-0.15, -0.1) is 23.5 Å². The number of carbonyl (C=O) groups is 2. The Balaban J connectivity index is 2.15. The predicted octanol–water partition coefficient (Wildman–Crippen LogP) is 5.13. The van der Waals surface area contributed by atoms with Crippen LogP contribution in [0.1, 0.15) is 59.8 Å². The van der Waals surface area contributed by atoms with E-state index in [4.69, 9.17) is 10.2 Å². The summed E-state index contributed by atoms with van der Waals surface area (Å²) in [5.41, 5.74) is 3.12. The van der Waals surface area contributed by atoms with Gasteiger partial charge in [-0.25, -0.2) is 4.98 Å². The topological polar surface area (TPSA) is 92.4 Å². The van der Waals surface area contributed by atoms with Gasteiger partial charge >= 0.3 is 11.9 Å². The second-order valence-electron chi connectivity index (χ2n) is 7.15. The van der Waals surface area contributed by atoms with Crippen LogP contribution in [0, 0.1) is 0 Å². The van der Waals surface area contributed by atoms with E-state index in [1.165, 1.54) is 23.5 Å². The van der Waals surface area contributed by atoms with Gasteiger partial charge in [-0.3, -0.25) is 9.59 Å². The van der Waals surface area contributed by atoms with Gasteiger partial charge < -0.3 is 14.8 Å². The Morgan fingerprint density at radius 3 is 2.27 bits per heavy atom.